The Balaban J connectivity index is 1.83. The van der Waals surface area contributed by atoms with Crippen molar-refractivity contribution in [3.05, 3.63) is 41.0 Å². The molecule has 102 valence electrons. The van der Waals surface area contributed by atoms with Crippen LogP contribution >= 0.6 is 11.6 Å². The third-order valence-corrected chi connectivity index (χ3v) is 2.69. The number of anilines is 1. The van der Waals surface area contributed by atoms with Gasteiger partial charge in [0.15, 0.2) is 5.82 Å². The van der Waals surface area contributed by atoms with E-state index in [0.29, 0.717) is 42.9 Å². The van der Waals surface area contributed by atoms with Gasteiger partial charge in [-0.15, -0.1) is 0 Å². The lowest BCUT2D eigenvalue weighted by molar-refractivity contribution is 0.149. The first-order chi connectivity index (χ1) is 9.28. The van der Waals surface area contributed by atoms with E-state index in [0.717, 1.165) is 5.69 Å². The average molecular weight is 282 g/mol. The molecule has 0 radical (unpaired) electrons. The first-order valence-corrected chi connectivity index (χ1v) is 6.54. The summed E-state index contributed by atoms with van der Waals surface area (Å²) in [5.74, 6) is 1.21. The number of nitrogens with zero attached hydrogens (tertiary/aromatic N) is 2. The molecule has 1 N–H and O–H groups in total. The van der Waals surface area contributed by atoms with Crippen molar-refractivity contribution in [3.63, 3.8) is 0 Å². The van der Waals surface area contributed by atoms with E-state index < -0.39 is 0 Å². The lowest BCUT2D eigenvalue weighted by Gasteiger charge is -2.02. The Hall–Kier alpha value is -1.59. The summed E-state index contributed by atoms with van der Waals surface area (Å²) in [6.45, 7) is 3.73. The molecule has 2 aromatic rings. The van der Waals surface area contributed by atoms with Crippen LogP contribution in [0.2, 0.25) is 5.02 Å². The van der Waals surface area contributed by atoms with Crippen LogP contribution in [0, 0.1) is 0 Å². The summed E-state index contributed by atoms with van der Waals surface area (Å²) in [7, 11) is 0. The third-order valence-electron chi connectivity index (χ3n) is 2.45. The summed E-state index contributed by atoms with van der Waals surface area (Å²) in [5, 5.41) is 7.74. The number of hydrogen-bond acceptors (Lipinski definition) is 5. The van der Waals surface area contributed by atoms with Crippen LogP contribution in [0.5, 0.6) is 0 Å². The Kier molecular flexibility index (Phi) is 5.18. The van der Waals surface area contributed by atoms with Gasteiger partial charge in [0.1, 0.15) is 0 Å². The van der Waals surface area contributed by atoms with Gasteiger partial charge in [-0.1, -0.05) is 22.8 Å². The molecule has 0 aliphatic rings. The minimum Gasteiger partial charge on any atom is -0.381 e. The van der Waals surface area contributed by atoms with Crippen LogP contribution in [0.15, 0.2) is 28.8 Å². The largest absolute Gasteiger partial charge is 0.381 e. The fraction of sp³-hybridized carbons (Fsp3) is 0.385. The van der Waals surface area contributed by atoms with Gasteiger partial charge in [-0.25, -0.2) is 0 Å². The number of nitrogens with one attached hydrogen (secondary N) is 1. The SMILES string of the molecule is CCOCCc1noc(CNc2cccc(Cl)c2)n1. The molecule has 19 heavy (non-hydrogen) atoms. The van der Waals surface area contributed by atoms with Crippen LogP contribution in [-0.4, -0.2) is 23.4 Å². The van der Waals surface area contributed by atoms with Crippen molar-refractivity contribution in [2.75, 3.05) is 18.5 Å². The molecule has 0 fully saturated rings. The van der Waals surface area contributed by atoms with Gasteiger partial charge in [-0.2, -0.15) is 4.98 Å². The number of benzene rings is 1. The quantitative estimate of drug-likeness (QED) is 0.791. The van der Waals surface area contributed by atoms with Crippen molar-refractivity contribution in [1.82, 2.24) is 10.1 Å². The molecule has 0 unspecified atom stereocenters. The van der Waals surface area contributed by atoms with E-state index in [9.17, 15) is 0 Å². The highest BCUT2D eigenvalue weighted by Crippen LogP contribution is 2.15. The summed E-state index contributed by atoms with van der Waals surface area (Å²) in [6, 6.07) is 7.48. The Morgan fingerprint density at radius 2 is 2.32 bits per heavy atom. The van der Waals surface area contributed by atoms with Crippen LogP contribution in [0.4, 0.5) is 5.69 Å². The van der Waals surface area contributed by atoms with E-state index in [1.54, 1.807) is 0 Å². The van der Waals surface area contributed by atoms with Gasteiger partial charge < -0.3 is 14.6 Å². The Bertz CT molecular complexity index is 516. The molecule has 0 aliphatic heterocycles. The predicted octanol–water partition coefficient (Wildman–Crippen LogP) is 2.91. The molecule has 1 heterocycles. The van der Waals surface area contributed by atoms with Crippen molar-refractivity contribution >= 4 is 17.3 Å². The summed E-state index contributed by atoms with van der Waals surface area (Å²) in [4.78, 5) is 4.27. The zero-order chi connectivity index (χ0) is 13.5. The lowest BCUT2D eigenvalue weighted by atomic mass is 10.3. The normalized spacial score (nSPS) is 10.6. The molecule has 0 bridgehead atoms. The molecule has 6 heteroatoms. The van der Waals surface area contributed by atoms with Gasteiger partial charge in [0.05, 0.1) is 13.2 Å². The Labute approximate surface area is 116 Å². The van der Waals surface area contributed by atoms with E-state index in [-0.39, 0.29) is 0 Å². The molecule has 1 aromatic carbocycles. The maximum atomic E-state index is 5.90. The van der Waals surface area contributed by atoms with E-state index in [1.165, 1.54) is 0 Å². The molecule has 0 amide bonds. The van der Waals surface area contributed by atoms with Crippen molar-refractivity contribution in [3.8, 4) is 0 Å². The third kappa shape index (κ3) is 4.54. The van der Waals surface area contributed by atoms with E-state index in [1.807, 2.05) is 31.2 Å². The van der Waals surface area contributed by atoms with E-state index >= 15 is 0 Å². The number of aromatic nitrogens is 2. The number of halogens is 1. The van der Waals surface area contributed by atoms with Crippen LogP contribution < -0.4 is 5.32 Å². The molecule has 0 saturated heterocycles. The second-order valence-electron chi connectivity index (χ2n) is 3.92. The van der Waals surface area contributed by atoms with Crippen molar-refractivity contribution < 1.29 is 9.26 Å². The summed E-state index contributed by atoms with van der Waals surface area (Å²) in [6.07, 6.45) is 0.661. The fourth-order valence-electron chi connectivity index (χ4n) is 1.55. The monoisotopic (exact) mass is 281 g/mol. The smallest absolute Gasteiger partial charge is 0.245 e. The topological polar surface area (TPSA) is 60.2 Å². The molecule has 0 spiro atoms. The Morgan fingerprint density at radius 1 is 1.42 bits per heavy atom. The summed E-state index contributed by atoms with van der Waals surface area (Å²) >= 11 is 5.90. The second-order valence-corrected chi connectivity index (χ2v) is 4.35. The molecule has 5 nitrogen and oxygen atoms in total. The van der Waals surface area contributed by atoms with Gasteiger partial charge in [-0.3, -0.25) is 0 Å². The first-order valence-electron chi connectivity index (χ1n) is 6.16. The summed E-state index contributed by atoms with van der Waals surface area (Å²) in [5.41, 5.74) is 0.918. The Morgan fingerprint density at radius 3 is 3.11 bits per heavy atom. The highest BCUT2D eigenvalue weighted by Gasteiger charge is 2.05. The van der Waals surface area contributed by atoms with Gasteiger partial charge in [0, 0.05) is 23.7 Å². The highest BCUT2D eigenvalue weighted by atomic mass is 35.5. The molecule has 0 aliphatic carbocycles. The van der Waals surface area contributed by atoms with Crippen molar-refractivity contribution in [2.24, 2.45) is 0 Å². The van der Waals surface area contributed by atoms with E-state index in [2.05, 4.69) is 15.5 Å². The molecule has 0 atom stereocenters. The zero-order valence-corrected chi connectivity index (χ0v) is 11.5. The molecular formula is C13H16ClN3O2. The first kappa shape index (κ1) is 13.8. The number of ether oxygens (including phenoxy) is 1. The number of hydrogen-bond donors (Lipinski definition) is 1. The molecule has 1 aromatic heterocycles. The lowest BCUT2D eigenvalue weighted by Crippen LogP contribution is -2.01. The van der Waals surface area contributed by atoms with Gasteiger partial charge in [0.25, 0.3) is 0 Å². The summed E-state index contributed by atoms with van der Waals surface area (Å²) < 4.78 is 10.4. The van der Waals surface area contributed by atoms with Crippen molar-refractivity contribution in [2.45, 2.75) is 19.9 Å². The van der Waals surface area contributed by atoms with E-state index in [4.69, 9.17) is 20.9 Å². The fourth-order valence-corrected chi connectivity index (χ4v) is 1.74. The van der Waals surface area contributed by atoms with Crippen LogP contribution in [0.25, 0.3) is 0 Å². The highest BCUT2D eigenvalue weighted by molar-refractivity contribution is 6.30. The maximum Gasteiger partial charge on any atom is 0.245 e. The molecule has 0 saturated carbocycles. The predicted molar refractivity (Wildman–Crippen MR) is 73.3 cm³/mol. The molecule has 2 rings (SSSR count). The van der Waals surface area contributed by atoms with Gasteiger partial charge in [-0.05, 0) is 25.1 Å². The minimum atomic E-state index is 0.474. The minimum absolute atomic E-state index is 0.474. The number of rotatable bonds is 7. The standard InChI is InChI=1S/C13H16ClN3O2/c1-2-18-7-6-12-16-13(19-17-12)9-15-11-5-3-4-10(14)8-11/h3-5,8,15H,2,6-7,9H2,1H3. The zero-order valence-electron chi connectivity index (χ0n) is 10.7. The van der Waals surface area contributed by atoms with Gasteiger partial charge in [0.2, 0.25) is 5.89 Å². The second kappa shape index (κ2) is 7.11. The molecular weight excluding hydrogens is 266 g/mol. The van der Waals surface area contributed by atoms with Crippen molar-refractivity contribution in [1.29, 1.82) is 0 Å². The van der Waals surface area contributed by atoms with Gasteiger partial charge >= 0.3 is 0 Å². The maximum absolute atomic E-state index is 5.90. The average Bonchev–Trinajstić information content (AvgIpc) is 2.85. The van der Waals surface area contributed by atoms with Crippen LogP contribution in [0.1, 0.15) is 18.6 Å². The van der Waals surface area contributed by atoms with Crippen LogP contribution in [0.3, 0.4) is 0 Å². The van der Waals surface area contributed by atoms with Crippen LogP contribution in [-0.2, 0) is 17.7 Å².